The largest absolute Gasteiger partial charge is 0.338 e. The molecule has 6 heteroatoms. The van der Waals surface area contributed by atoms with Gasteiger partial charge in [0.15, 0.2) is 0 Å². The summed E-state index contributed by atoms with van der Waals surface area (Å²) in [5.74, 6) is 1.33. The highest BCUT2D eigenvalue weighted by molar-refractivity contribution is 9.10. The van der Waals surface area contributed by atoms with E-state index in [0.717, 1.165) is 42.8 Å². The van der Waals surface area contributed by atoms with E-state index >= 15 is 0 Å². The maximum absolute atomic E-state index is 5.32. The van der Waals surface area contributed by atoms with E-state index in [9.17, 15) is 0 Å². The van der Waals surface area contributed by atoms with E-state index in [0.29, 0.717) is 11.7 Å². The molecule has 5 nitrogen and oxygen atoms in total. The number of hydrogen-bond acceptors (Lipinski definition) is 5. The lowest BCUT2D eigenvalue weighted by atomic mass is 10.2. The van der Waals surface area contributed by atoms with Crippen molar-refractivity contribution in [1.82, 2.24) is 20.4 Å². The minimum absolute atomic E-state index is 0.651. The van der Waals surface area contributed by atoms with E-state index in [1.165, 1.54) is 0 Å². The van der Waals surface area contributed by atoms with E-state index in [1.54, 1.807) is 0 Å². The minimum atomic E-state index is 0.651. The Hall–Kier alpha value is -1.24. The molecule has 19 heavy (non-hydrogen) atoms. The first-order chi connectivity index (χ1) is 9.31. The van der Waals surface area contributed by atoms with Gasteiger partial charge in [0, 0.05) is 36.2 Å². The van der Waals surface area contributed by atoms with Crippen LogP contribution in [-0.2, 0) is 6.54 Å². The van der Waals surface area contributed by atoms with Gasteiger partial charge in [-0.15, -0.1) is 0 Å². The van der Waals surface area contributed by atoms with Crippen LogP contribution in [-0.4, -0.2) is 41.2 Å². The molecule has 1 aromatic heterocycles. The van der Waals surface area contributed by atoms with E-state index in [-0.39, 0.29) is 0 Å². The Morgan fingerprint density at radius 2 is 1.95 bits per heavy atom. The van der Waals surface area contributed by atoms with Gasteiger partial charge in [0.05, 0.1) is 6.54 Å². The van der Waals surface area contributed by atoms with Crippen molar-refractivity contribution in [3.8, 4) is 11.4 Å². The lowest BCUT2D eigenvalue weighted by molar-refractivity contribution is 0.203. The highest BCUT2D eigenvalue weighted by Crippen LogP contribution is 2.19. The van der Waals surface area contributed by atoms with Crippen LogP contribution in [0.3, 0.4) is 0 Å². The number of halogens is 1. The first kappa shape index (κ1) is 12.8. The highest BCUT2D eigenvalue weighted by Gasteiger charge is 2.14. The zero-order valence-electron chi connectivity index (χ0n) is 10.5. The molecule has 2 heterocycles. The number of nitrogens with zero attached hydrogens (tertiary/aromatic N) is 3. The molecule has 1 saturated heterocycles. The molecular weight excluding hydrogens is 308 g/mol. The zero-order chi connectivity index (χ0) is 13.1. The fraction of sp³-hybridized carbons (Fsp3) is 0.385. The molecule has 0 unspecified atom stereocenters. The number of nitrogens with one attached hydrogen (secondary N) is 1. The summed E-state index contributed by atoms with van der Waals surface area (Å²) in [6.07, 6.45) is 0. The molecule has 1 N–H and O–H groups in total. The fourth-order valence-electron chi connectivity index (χ4n) is 2.10. The molecule has 0 radical (unpaired) electrons. The number of benzene rings is 1. The molecule has 100 valence electrons. The van der Waals surface area contributed by atoms with Gasteiger partial charge in [-0.25, -0.2) is 0 Å². The van der Waals surface area contributed by atoms with Gasteiger partial charge in [-0.1, -0.05) is 21.1 Å². The predicted molar refractivity (Wildman–Crippen MR) is 75.6 cm³/mol. The fourth-order valence-corrected chi connectivity index (χ4v) is 2.36. The van der Waals surface area contributed by atoms with Crippen molar-refractivity contribution in [1.29, 1.82) is 0 Å². The zero-order valence-corrected chi connectivity index (χ0v) is 12.1. The van der Waals surface area contributed by atoms with Crippen molar-refractivity contribution >= 4 is 15.9 Å². The Bertz CT molecular complexity index is 534. The standard InChI is InChI=1S/C13H15BrN4O/c14-11-3-1-10(2-4-11)13-16-12(19-17-13)9-18-7-5-15-6-8-18/h1-4,15H,5-9H2. The molecule has 1 fully saturated rings. The molecule has 1 aliphatic heterocycles. The molecular formula is C13H15BrN4O. The Morgan fingerprint density at radius 1 is 1.21 bits per heavy atom. The molecule has 0 amide bonds. The number of aromatic nitrogens is 2. The first-order valence-corrected chi connectivity index (χ1v) is 7.12. The average Bonchev–Trinajstić information content (AvgIpc) is 2.89. The van der Waals surface area contributed by atoms with E-state index in [2.05, 4.69) is 36.3 Å². The first-order valence-electron chi connectivity index (χ1n) is 6.33. The monoisotopic (exact) mass is 322 g/mol. The molecule has 3 rings (SSSR count). The second-order valence-corrected chi connectivity index (χ2v) is 5.46. The Balaban J connectivity index is 1.70. The summed E-state index contributed by atoms with van der Waals surface area (Å²) in [6, 6.07) is 7.90. The van der Waals surface area contributed by atoms with Gasteiger partial charge in [0.2, 0.25) is 11.7 Å². The van der Waals surface area contributed by atoms with Gasteiger partial charge < -0.3 is 9.84 Å². The predicted octanol–water partition coefficient (Wildman–Crippen LogP) is 1.90. The van der Waals surface area contributed by atoms with Crippen LogP contribution in [0, 0.1) is 0 Å². The summed E-state index contributed by atoms with van der Waals surface area (Å²) in [5, 5.41) is 7.36. The number of rotatable bonds is 3. The number of hydrogen-bond donors (Lipinski definition) is 1. The van der Waals surface area contributed by atoms with E-state index in [1.807, 2.05) is 24.3 Å². The molecule has 1 aromatic carbocycles. The normalized spacial score (nSPS) is 16.7. The average molecular weight is 323 g/mol. The minimum Gasteiger partial charge on any atom is -0.338 e. The third kappa shape index (κ3) is 3.20. The van der Waals surface area contributed by atoms with Gasteiger partial charge in [-0.3, -0.25) is 4.90 Å². The van der Waals surface area contributed by atoms with Crippen molar-refractivity contribution in [2.75, 3.05) is 26.2 Å². The molecule has 1 aliphatic rings. The van der Waals surface area contributed by atoms with Gasteiger partial charge in [-0.2, -0.15) is 4.98 Å². The van der Waals surface area contributed by atoms with Crippen molar-refractivity contribution in [2.45, 2.75) is 6.54 Å². The van der Waals surface area contributed by atoms with Crippen molar-refractivity contribution in [2.24, 2.45) is 0 Å². The van der Waals surface area contributed by atoms with Crippen LogP contribution in [0.25, 0.3) is 11.4 Å². The third-order valence-electron chi connectivity index (χ3n) is 3.14. The molecule has 2 aromatic rings. The summed E-state index contributed by atoms with van der Waals surface area (Å²) in [6.45, 7) is 4.82. The SMILES string of the molecule is Brc1ccc(-c2noc(CN3CCNCC3)n2)cc1. The van der Waals surface area contributed by atoms with Gasteiger partial charge in [0.25, 0.3) is 0 Å². The number of piperazine rings is 1. The maximum Gasteiger partial charge on any atom is 0.241 e. The highest BCUT2D eigenvalue weighted by atomic mass is 79.9. The molecule has 0 spiro atoms. The smallest absolute Gasteiger partial charge is 0.241 e. The molecule has 0 bridgehead atoms. The molecule has 0 atom stereocenters. The Kier molecular flexibility index (Phi) is 3.91. The van der Waals surface area contributed by atoms with Crippen LogP contribution in [0.1, 0.15) is 5.89 Å². The van der Waals surface area contributed by atoms with Crippen molar-refractivity contribution in [3.05, 3.63) is 34.6 Å². The summed E-state index contributed by atoms with van der Waals surface area (Å²) < 4.78 is 6.36. The van der Waals surface area contributed by atoms with Crippen molar-refractivity contribution < 1.29 is 4.52 Å². The lowest BCUT2D eigenvalue weighted by Gasteiger charge is -2.25. The molecule has 0 saturated carbocycles. The van der Waals surface area contributed by atoms with Crippen LogP contribution in [0.2, 0.25) is 0 Å². The quantitative estimate of drug-likeness (QED) is 0.935. The van der Waals surface area contributed by atoms with E-state index < -0.39 is 0 Å². The Labute approximate surface area is 120 Å². The van der Waals surface area contributed by atoms with Crippen LogP contribution >= 0.6 is 15.9 Å². The summed E-state index contributed by atoms with van der Waals surface area (Å²) in [4.78, 5) is 6.76. The van der Waals surface area contributed by atoms with Gasteiger partial charge in [-0.05, 0) is 24.3 Å². The van der Waals surface area contributed by atoms with Crippen LogP contribution in [0.5, 0.6) is 0 Å². The Morgan fingerprint density at radius 3 is 2.68 bits per heavy atom. The lowest BCUT2D eigenvalue weighted by Crippen LogP contribution is -2.42. The van der Waals surface area contributed by atoms with E-state index in [4.69, 9.17) is 4.52 Å². The van der Waals surface area contributed by atoms with Gasteiger partial charge >= 0.3 is 0 Å². The van der Waals surface area contributed by atoms with Gasteiger partial charge in [0.1, 0.15) is 0 Å². The maximum atomic E-state index is 5.32. The topological polar surface area (TPSA) is 54.2 Å². The second kappa shape index (κ2) is 5.81. The third-order valence-corrected chi connectivity index (χ3v) is 3.67. The summed E-state index contributed by atoms with van der Waals surface area (Å²) in [5.41, 5.74) is 0.971. The van der Waals surface area contributed by atoms with Crippen LogP contribution in [0.4, 0.5) is 0 Å². The van der Waals surface area contributed by atoms with Crippen LogP contribution in [0.15, 0.2) is 33.3 Å². The summed E-state index contributed by atoms with van der Waals surface area (Å²) >= 11 is 3.41. The van der Waals surface area contributed by atoms with Crippen LogP contribution < -0.4 is 5.32 Å². The second-order valence-electron chi connectivity index (χ2n) is 4.54. The summed E-state index contributed by atoms with van der Waals surface area (Å²) in [7, 11) is 0. The molecule has 0 aliphatic carbocycles. The van der Waals surface area contributed by atoms with Crippen molar-refractivity contribution in [3.63, 3.8) is 0 Å².